The number of nitrogens with zero attached hydrogens (tertiary/aromatic N) is 1. The van der Waals surface area contributed by atoms with Crippen molar-refractivity contribution in [2.75, 3.05) is 13.1 Å². The maximum atomic E-state index is 12.7. The van der Waals surface area contributed by atoms with Crippen LogP contribution in [-0.2, 0) is 16.1 Å². The topological polar surface area (TPSA) is 122 Å². The van der Waals surface area contributed by atoms with Crippen LogP contribution < -0.4 is 16.4 Å². The highest BCUT2D eigenvalue weighted by Gasteiger charge is 2.44. The summed E-state index contributed by atoms with van der Waals surface area (Å²) >= 11 is 0. The number of fused-ring (bicyclic) bond motifs is 1. The molecule has 1 aromatic rings. The second kappa shape index (κ2) is 7.47. The van der Waals surface area contributed by atoms with E-state index in [2.05, 4.69) is 22.5 Å². The Bertz CT molecular complexity index is 852. The molecule has 0 spiro atoms. The van der Waals surface area contributed by atoms with Crippen molar-refractivity contribution in [3.63, 3.8) is 0 Å². The maximum absolute atomic E-state index is 12.7. The highest BCUT2D eigenvalue weighted by molar-refractivity contribution is 6.23. The Hall–Kier alpha value is -3.02. The van der Waals surface area contributed by atoms with Crippen LogP contribution in [0.5, 0.6) is 0 Å². The molecular formula is C18H18N4O4. The normalized spacial score (nSPS) is 19.1. The van der Waals surface area contributed by atoms with Crippen LogP contribution in [0.15, 0.2) is 18.2 Å². The van der Waals surface area contributed by atoms with Crippen LogP contribution in [0, 0.1) is 11.8 Å². The third kappa shape index (κ3) is 3.35. The largest absolute Gasteiger partial charge is 0.320 e. The van der Waals surface area contributed by atoms with Gasteiger partial charge >= 0.3 is 0 Å². The van der Waals surface area contributed by atoms with Crippen LogP contribution in [0.4, 0.5) is 0 Å². The van der Waals surface area contributed by atoms with E-state index in [0.29, 0.717) is 19.6 Å². The van der Waals surface area contributed by atoms with E-state index in [9.17, 15) is 19.2 Å². The van der Waals surface area contributed by atoms with Gasteiger partial charge in [0.1, 0.15) is 6.04 Å². The first-order valence-electron chi connectivity index (χ1n) is 8.24. The highest BCUT2D eigenvalue weighted by Crippen LogP contribution is 2.28. The van der Waals surface area contributed by atoms with Gasteiger partial charge in [0.15, 0.2) is 0 Å². The molecule has 4 amide bonds. The Labute approximate surface area is 150 Å². The predicted octanol–water partition coefficient (Wildman–Crippen LogP) is -0.860. The number of amides is 4. The maximum Gasteiger partial charge on any atom is 0.262 e. The third-order valence-electron chi connectivity index (χ3n) is 4.27. The summed E-state index contributed by atoms with van der Waals surface area (Å²) in [6, 6.07) is 4.03. The molecule has 26 heavy (non-hydrogen) atoms. The lowest BCUT2D eigenvalue weighted by molar-refractivity contribution is -0.136. The van der Waals surface area contributed by atoms with E-state index < -0.39 is 29.7 Å². The molecule has 0 radical (unpaired) electrons. The summed E-state index contributed by atoms with van der Waals surface area (Å²) in [5.41, 5.74) is 6.64. The molecule has 8 heteroatoms. The fourth-order valence-electron chi connectivity index (χ4n) is 3.03. The monoisotopic (exact) mass is 354 g/mol. The molecule has 4 N–H and O–H groups in total. The molecule has 1 saturated heterocycles. The molecule has 2 aliphatic rings. The van der Waals surface area contributed by atoms with Crippen molar-refractivity contribution in [1.82, 2.24) is 15.5 Å². The van der Waals surface area contributed by atoms with Crippen molar-refractivity contribution in [2.24, 2.45) is 5.73 Å². The number of hydrogen-bond donors (Lipinski definition) is 3. The molecule has 2 heterocycles. The molecule has 1 unspecified atom stereocenters. The van der Waals surface area contributed by atoms with Gasteiger partial charge in [-0.2, -0.15) is 0 Å². The molecular weight excluding hydrogens is 336 g/mol. The van der Waals surface area contributed by atoms with Gasteiger partial charge in [-0.15, -0.1) is 0 Å². The summed E-state index contributed by atoms with van der Waals surface area (Å²) in [6.45, 7) is 1.24. The van der Waals surface area contributed by atoms with Gasteiger partial charge in [0.2, 0.25) is 11.8 Å². The van der Waals surface area contributed by atoms with Gasteiger partial charge in [0, 0.05) is 13.0 Å². The number of piperidine rings is 1. The second-order valence-electron chi connectivity index (χ2n) is 5.99. The van der Waals surface area contributed by atoms with Crippen LogP contribution in [0.2, 0.25) is 0 Å². The number of hydrogen-bond acceptors (Lipinski definition) is 6. The number of nitrogens with two attached hydrogens (primary N) is 1. The average molecular weight is 354 g/mol. The summed E-state index contributed by atoms with van der Waals surface area (Å²) in [5.74, 6) is 3.56. The zero-order chi connectivity index (χ0) is 18.7. The Morgan fingerprint density at radius 1 is 1.15 bits per heavy atom. The van der Waals surface area contributed by atoms with Gasteiger partial charge in [0.25, 0.3) is 11.8 Å². The Morgan fingerprint density at radius 2 is 1.92 bits per heavy atom. The SMILES string of the molecule is NCC#CCNCc1ccc2c(c1)C(=O)N(C1CCC(=O)NC1=O)C2=O. The van der Waals surface area contributed by atoms with Gasteiger partial charge in [-0.1, -0.05) is 17.9 Å². The standard InChI is InChI=1S/C18H18N4O4/c19-7-1-2-8-20-10-11-3-4-12-13(9-11)18(26)22(17(12)25)14-5-6-15(23)21-16(14)24/h3-4,9,14,20H,5-8,10,19H2,(H,21,23,24). The highest BCUT2D eigenvalue weighted by atomic mass is 16.2. The molecule has 0 saturated carbocycles. The fraction of sp³-hybridized carbons (Fsp3) is 0.333. The molecule has 8 nitrogen and oxygen atoms in total. The number of benzene rings is 1. The van der Waals surface area contributed by atoms with E-state index in [0.717, 1.165) is 10.5 Å². The summed E-state index contributed by atoms with van der Waals surface area (Å²) < 4.78 is 0. The van der Waals surface area contributed by atoms with E-state index in [-0.39, 0.29) is 24.0 Å². The van der Waals surface area contributed by atoms with Gasteiger partial charge in [0.05, 0.1) is 24.2 Å². The van der Waals surface area contributed by atoms with Crippen molar-refractivity contribution < 1.29 is 19.2 Å². The first-order chi connectivity index (χ1) is 12.5. The first-order valence-corrected chi connectivity index (χ1v) is 8.24. The second-order valence-corrected chi connectivity index (χ2v) is 5.99. The summed E-state index contributed by atoms with van der Waals surface area (Å²) in [5, 5.41) is 5.27. The van der Waals surface area contributed by atoms with Crippen molar-refractivity contribution >= 4 is 23.6 Å². The average Bonchev–Trinajstić information content (AvgIpc) is 2.86. The van der Waals surface area contributed by atoms with E-state index in [1.807, 2.05) is 0 Å². The lowest BCUT2D eigenvalue weighted by Gasteiger charge is -2.27. The number of nitrogens with one attached hydrogen (secondary N) is 2. The molecule has 0 aromatic heterocycles. The quantitative estimate of drug-likeness (QED) is 0.367. The molecule has 0 aliphatic carbocycles. The van der Waals surface area contributed by atoms with Gasteiger partial charge < -0.3 is 11.1 Å². The molecule has 1 atom stereocenters. The number of carbonyl (C=O) groups excluding carboxylic acids is 4. The van der Waals surface area contributed by atoms with E-state index in [1.165, 1.54) is 0 Å². The molecule has 134 valence electrons. The first kappa shape index (κ1) is 17.8. The lowest BCUT2D eigenvalue weighted by atomic mass is 10.0. The van der Waals surface area contributed by atoms with Crippen molar-refractivity contribution in [3.05, 3.63) is 34.9 Å². The van der Waals surface area contributed by atoms with Crippen LogP contribution in [-0.4, -0.2) is 47.7 Å². The smallest absolute Gasteiger partial charge is 0.262 e. The Kier molecular flexibility index (Phi) is 5.11. The number of rotatable bonds is 4. The van der Waals surface area contributed by atoms with E-state index >= 15 is 0 Å². The predicted molar refractivity (Wildman–Crippen MR) is 91.7 cm³/mol. The molecule has 1 fully saturated rings. The molecule has 0 bridgehead atoms. The van der Waals surface area contributed by atoms with Gasteiger partial charge in [-0.25, -0.2) is 0 Å². The van der Waals surface area contributed by atoms with Crippen LogP contribution in [0.3, 0.4) is 0 Å². The Morgan fingerprint density at radius 3 is 2.65 bits per heavy atom. The summed E-state index contributed by atoms with van der Waals surface area (Å²) in [7, 11) is 0. The summed E-state index contributed by atoms with van der Waals surface area (Å²) in [6.07, 6.45) is 0.243. The fourth-order valence-corrected chi connectivity index (χ4v) is 3.03. The number of imide groups is 2. The zero-order valence-electron chi connectivity index (χ0n) is 14.0. The minimum atomic E-state index is -0.951. The van der Waals surface area contributed by atoms with Crippen LogP contribution in [0.25, 0.3) is 0 Å². The molecule has 2 aliphatic heterocycles. The van der Waals surface area contributed by atoms with Crippen molar-refractivity contribution in [3.8, 4) is 11.8 Å². The minimum absolute atomic E-state index is 0.100. The zero-order valence-corrected chi connectivity index (χ0v) is 14.0. The molecule has 3 rings (SSSR count). The van der Waals surface area contributed by atoms with Crippen LogP contribution >= 0.6 is 0 Å². The van der Waals surface area contributed by atoms with Crippen molar-refractivity contribution in [2.45, 2.75) is 25.4 Å². The lowest BCUT2D eigenvalue weighted by Crippen LogP contribution is -2.54. The van der Waals surface area contributed by atoms with E-state index in [4.69, 9.17) is 5.73 Å². The van der Waals surface area contributed by atoms with Crippen molar-refractivity contribution in [1.29, 1.82) is 0 Å². The molecule has 1 aromatic carbocycles. The summed E-state index contributed by atoms with van der Waals surface area (Å²) in [4.78, 5) is 49.5. The Balaban J connectivity index is 1.75. The number of carbonyl (C=O) groups is 4. The van der Waals surface area contributed by atoms with E-state index in [1.54, 1.807) is 18.2 Å². The minimum Gasteiger partial charge on any atom is -0.320 e. The van der Waals surface area contributed by atoms with Crippen LogP contribution in [0.1, 0.15) is 39.1 Å². The third-order valence-corrected chi connectivity index (χ3v) is 4.27. The van der Waals surface area contributed by atoms with Gasteiger partial charge in [-0.05, 0) is 24.1 Å². The van der Waals surface area contributed by atoms with Gasteiger partial charge in [-0.3, -0.25) is 29.4 Å².